The van der Waals surface area contributed by atoms with Gasteiger partial charge in [0, 0.05) is 31.7 Å². The lowest BCUT2D eigenvalue weighted by Crippen LogP contribution is -2.26. The molecule has 0 aliphatic carbocycles. The highest BCUT2D eigenvalue weighted by molar-refractivity contribution is 5.92. The molecule has 2 heterocycles. The summed E-state index contributed by atoms with van der Waals surface area (Å²) in [5.41, 5.74) is 2.46. The number of carbonyl (C=O) groups is 1. The summed E-state index contributed by atoms with van der Waals surface area (Å²) in [4.78, 5) is 18.0. The normalized spacial score (nSPS) is 10.8. The smallest absolute Gasteiger partial charge is 0.274 e. The third-order valence-electron chi connectivity index (χ3n) is 2.97. The molecule has 2 aromatic heterocycles. The van der Waals surface area contributed by atoms with E-state index in [0.29, 0.717) is 18.2 Å². The summed E-state index contributed by atoms with van der Waals surface area (Å²) >= 11 is 0. The lowest BCUT2D eigenvalue weighted by Gasteiger charge is -2.15. The molecule has 0 atom stereocenters. The topological polar surface area (TPSA) is 61.9 Å². The van der Waals surface area contributed by atoms with Crippen molar-refractivity contribution in [2.75, 3.05) is 7.05 Å². The van der Waals surface area contributed by atoms with Gasteiger partial charge in [-0.1, -0.05) is 19.9 Å². The number of aromatic nitrogens is 3. The van der Waals surface area contributed by atoms with Gasteiger partial charge >= 0.3 is 0 Å². The first-order valence-corrected chi connectivity index (χ1v) is 6.75. The van der Waals surface area contributed by atoms with Crippen molar-refractivity contribution in [1.82, 2.24) is 20.1 Å². The Bertz CT molecular complexity index is 562. The Labute approximate surface area is 119 Å². The van der Waals surface area contributed by atoms with Gasteiger partial charge in [0.1, 0.15) is 5.69 Å². The molecule has 0 saturated heterocycles. The van der Waals surface area contributed by atoms with Gasteiger partial charge in [0.2, 0.25) is 0 Å². The number of nitrogens with zero attached hydrogens (tertiary/aromatic N) is 3. The maximum atomic E-state index is 12.3. The molecule has 2 aromatic rings. The van der Waals surface area contributed by atoms with Crippen molar-refractivity contribution in [3.63, 3.8) is 0 Å². The van der Waals surface area contributed by atoms with E-state index >= 15 is 0 Å². The Morgan fingerprint density at radius 3 is 2.90 bits per heavy atom. The molecular formula is C15H20N4O. The van der Waals surface area contributed by atoms with E-state index in [2.05, 4.69) is 29.0 Å². The van der Waals surface area contributed by atoms with E-state index in [9.17, 15) is 4.79 Å². The van der Waals surface area contributed by atoms with Gasteiger partial charge in [0.05, 0.1) is 0 Å². The van der Waals surface area contributed by atoms with Crippen LogP contribution in [0.2, 0.25) is 0 Å². The van der Waals surface area contributed by atoms with Crippen molar-refractivity contribution in [1.29, 1.82) is 0 Å². The van der Waals surface area contributed by atoms with Crippen LogP contribution in [0.25, 0.3) is 0 Å². The van der Waals surface area contributed by atoms with Crippen LogP contribution < -0.4 is 0 Å². The molecule has 0 spiro atoms. The van der Waals surface area contributed by atoms with Crippen molar-refractivity contribution in [2.24, 2.45) is 5.92 Å². The van der Waals surface area contributed by atoms with E-state index in [0.717, 1.165) is 17.7 Å². The Hall–Kier alpha value is -2.17. The highest BCUT2D eigenvalue weighted by atomic mass is 16.2. The van der Waals surface area contributed by atoms with Crippen LogP contribution in [-0.4, -0.2) is 33.0 Å². The quantitative estimate of drug-likeness (QED) is 0.908. The van der Waals surface area contributed by atoms with Crippen molar-refractivity contribution in [3.05, 3.63) is 47.5 Å². The number of hydrogen-bond acceptors (Lipinski definition) is 3. The summed E-state index contributed by atoms with van der Waals surface area (Å²) in [7, 11) is 1.77. The second-order valence-corrected chi connectivity index (χ2v) is 5.40. The zero-order valence-corrected chi connectivity index (χ0v) is 12.1. The molecular weight excluding hydrogens is 252 g/mol. The maximum absolute atomic E-state index is 12.3. The van der Waals surface area contributed by atoms with Gasteiger partial charge in [-0.2, -0.15) is 5.10 Å². The summed E-state index contributed by atoms with van der Waals surface area (Å²) in [6, 6.07) is 5.65. The van der Waals surface area contributed by atoms with Gasteiger partial charge in [-0.3, -0.25) is 14.9 Å². The summed E-state index contributed by atoms with van der Waals surface area (Å²) < 4.78 is 0. The predicted molar refractivity (Wildman–Crippen MR) is 77.2 cm³/mol. The third kappa shape index (κ3) is 3.66. The first-order chi connectivity index (χ1) is 9.56. The van der Waals surface area contributed by atoms with Crippen molar-refractivity contribution < 1.29 is 4.79 Å². The molecule has 0 unspecified atom stereocenters. The summed E-state index contributed by atoms with van der Waals surface area (Å²) in [6.07, 6.45) is 4.38. The molecule has 2 rings (SSSR count). The number of H-pyrrole nitrogens is 1. The third-order valence-corrected chi connectivity index (χ3v) is 2.97. The average Bonchev–Trinajstić information content (AvgIpc) is 2.86. The largest absolute Gasteiger partial charge is 0.336 e. The van der Waals surface area contributed by atoms with Crippen LogP contribution in [0.1, 0.15) is 35.6 Å². The summed E-state index contributed by atoms with van der Waals surface area (Å²) in [5.74, 6) is 0.451. The molecule has 5 heteroatoms. The second-order valence-electron chi connectivity index (χ2n) is 5.40. The van der Waals surface area contributed by atoms with E-state index in [1.54, 1.807) is 24.3 Å². The van der Waals surface area contributed by atoms with Gasteiger partial charge in [0.25, 0.3) is 5.91 Å². The molecule has 0 aliphatic rings. The SMILES string of the molecule is CC(C)Cc1cc(C(=O)N(C)Cc2cccnc2)n[nH]1. The van der Waals surface area contributed by atoms with Crippen LogP contribution in [0.5, 0.6) is 0 Å². The number of pyridine rings is 1. The number of hydrogen-bond donors (Lipinski definition) is 1. The van der Waals surface area contributed by atoms with E-state index in [4.69, 9.17) is 0 Å². The zero-order valence-electron chi connectivity index (χ0n) is 12.1. The van der Waals surface area contributed by atoms with Crippen LogP contribution in [0.3, 0.4) is 0 Å². The zero-order chi connectivity index (χ0) is 14.5. The molecule has 0 fully saturated rings. The number of amides is 1. The minimum atomic E-state index is -0.0832. The molecule has 1 N–H and O–H groups in total. The van der Waals surface area contributed by atoms with Gasteiger partial charge < -0.3 is 4.90 Å². The lowest BCUT2D eigenvalue weighted by molar-refractivity contribution is 0.0779. The minimum Gasteiger partial charge on any atom is -0.336 e. The molecule has 106 valence electrons. The minimum absolute atomic E-state index is 0.0832. The Morgan fingerprint density at radius 1 is 1.45 bits per heavy atom. The highest BCUT2D eigenvalue weighted by Gasteiger charge is 2.16. The molecule has 0 saturated carbocycles. The second kappa shape index (κ2) is 6.32. The van der Waals surface area contributed by atoms with Gasteiger partial charge in [-0.05, 0) is 30.0 Å². The van der Waals surface area contributed by atoms with Gasteiger partial charge in [-0.25, -0.2) is 0 Å². The fourth-order valence-electron chi connectivity index (χ4n) is 2.05. The Balaban J connectivity index is 2.01. The van der Waals surface area contributed by atoms with E-state index in [-0.39, 0.29) is 5.91 Å². The first kappa shape index (κ1) is 14.2. The van der Waals surface area contributed by atoms with Crippen LogP contribution >= 0.6 is 0 Å². The van der Waals surface area contributed by atoms with E-state index in [1.807, 2.05) is 18.2 Å². The number of nitrogens with one attached hydrogen (secondary N) is 1. The molecule has 5 nitrogen and oxygen atoms in total. The van der Waals surface area contributed by atoms with Crippen LogP contribution in [0, 0.1) is 5.92 Å². The Kier molecular flexibility index (Phi) is 4.50. The first-order valence-electron chi connectivity index (χ1n) is 6.75. The fraction of sp³-hybridized carbons (Fsp3) is 0.400. The molecule has 1 amide bonds. The summed E-state index contributed by atoms with van der Waals surface area (Å²) in [5, 5.41) is 7.03. The molecule has 0 radical (unpaired) electrons. The highest BCUT2D eigenvalue weighted by Crippen LogP contribution is 2.10. The predicted octanol–water partition coefficient (Wildman–Crippen LogP) is 2.28. The molecule has 0 aromatic carbocycles. The van der Waals surface area contributed by atoms with E-state index < -0.39 is 0 Å². The van der Waals surface area contributed by atoms with Crippen molar-refractivity contribution in [2.45, 2.75) is 26.8 Å². The van der Waals surface area contributed by atoms with Gasteiger partial charge in [-0.15, -0.1) is 0 Å². The number of aromatic amines is 1. The monoisotopic (exact) mass is 272 g/mol. The van der Waals surface area contributed by atoms with Crippen molar-refractivity contribution >= 4 is 5.91 Å². The number of carbonyl (C=O) groups excluding carboxylic acids is 1. The van der Waals surface area contributed by atoms with Crippen LogP contribution in [-0.2, 0) is 13.0 Å². The van der Waals surface area contributed by atoms with Crippen LogP contribution in [0.4, 0.5) is 0 Å². The maximum Gasteiger partial charge on any atom is 0.274 e. The van der Waals surface area contributed by atoms with Gasteiger partial charge in [0.15, 0.2) is 0 Å². The molecule has 0 bridgehead atoms. The lowest BCUT2D eigenvalue weighted by atomic mass is 10.1. The average molecular weight is 272 g/mol. The Morgan fingerprint density at radius 2 is 2.25 bits per heavy atom. The standard InChI is InChI=1S/C15H20N4O/c1-11(2)7-13-8-14(18-17-13)15(20)19(3)10-12-5-4-6-16-9-12/h4-6,8-9,11H,7,10H2,1-3H3,(H,17,18). The molecule has 20 heavy (non-hydrogen) atoms. The van der Waals surface area contributed by atoms with Crippen LogP contribution in [0.15, 0.2) is 30.6 Å². The molecule has 0 aliphatic heterocycles. The van der Waals surface area contributed by atoms with Crippen molar-refractivity contribution in [3.8, 4) is 0 Å². The van der Waals surface area contributed by atoms with E-state index in [1.165, 1.54) is 0 Å². The fourth-order valence-corrected chi connectivity index (χ4v) is 2.05. The number of rotatable bonds is 5. The summed E-state index contributed by atoms with van der Waals surface area (Å²) in [6.45, 7) is 4.80.